The zero-order chi connectivity index (χ0) is 15.4. The number of rotatable bonds is 1. The van der Waals surface area contributed by atoms with Gasteiger partial charge in [0.05, 0.1) is 11.2 Å². The molecule has 0 amide bonds. The summed E-state index contributed by atoms with van der Waals surface area (Å²) < 4.78 is 2.95. The van der Waals surface area contributed by atoms with Gasteiger partial charge in [-0.15, -0.1) is 5.10 Å². The van der Waals surface area contributed by atoms with Crippen molar-refractivity contribution in [1.29, 1.82) is 0 Å². The van der Waals surface area contributed by atoms with E-state index in [9.17, 15) is 0 Å². The quantitative estimate of drug-likeness (QED) is 0.464. The molecule has 0 saturated carbocycles. The minimum Gasteiger partial charge on any atom is -0.355 e. The van der Waals surface area contributed by atoms with Gasteiger partial charge in [0.2, 0.25) is 0 Å². The Morgan fingerprint density at radius 2 is 1.65 bits per heavy atom. The van der Waals surface area contributed by atoms with Crippen molar-refractivity contribution in [2.24, 2.45) is 0 Å². The van der Waals surface area contributed by atoms with E-state index < -0.39 is 0 Å². The van der Waals surface area contributed by atoms with E-state index in [1.54, 1.807) is 0 Å². The van der Waals surface area contributed by atoms with Crippen molar-refractivity contribution in [2.75, 3.05) is 0 Å². The summed E-state index contributed by atoms with van der Waals surface area (Å²) in [6.07, 6.45) is 0. The average molecular weight is 363 g/mol. The van der Waals surface area contributed by atoms with Gasteiger partial charge in [-0.1, -0.05) is 33.3 Å². The third-order valence-electron chi connectivity index (χ3n) is 4.14. The molecule has 3 aromatic carbocycles. The molecule has 2 aromatic heterocycles. The minimum absolute atomic E-state index is 0.897. The highest BCUT2D eigenvalue weighted by atomic mass is 79.9. The molecule has 0 atom stereocenters. The van der Waals surface area contributed by atoms with Crippen molar-refractivity contribution in [2.45, 2.75) is 0 Å². The first-order chi connectivity index (χ1) is 11.3. The van der Waals surface area contributed by atoms with Gasteiger partial charge < -0.3 is 4.98 Å². The van der Waals surface area contributed by atoms with Crippen molar-refractivity contribution >= 4 is 48.8 Å². The Bertz CT molecular complexity index is 1190. The molecule has 0 aliphatic rings. The Morgan fingerprint density at radius 1 is 0.870 bits per heavy atom. The van der Waals surface area contributed by atoms with E-state index in [2.05, 4.69) is 61.6 Å². The molecule has 0 unspecified atom stereocenters. The Kier molecular flexibility index (Phi) is 2.60. The summed E-state index contributed by atoms with van der Waals surface area (Å²) in [5.74, 6) is 0. The third-order valence-corrected chi connectivity index (χ3v) is 4.63. The lowest BCUT2D eigenvalue weighted by atomic mass is 10.1. The smallest absolute Gasteiger partial charge is 0.113 e. The Hall–Kier alpha value is -2.66. The minimum atomic E-state index is 0.897. The molecule has 0 spiro atoms. The summed E-state index contributed by atoms with van der Waals surface area (Å²) in [7, 11) is 0. The fraction of sp³-hybridized carbons (Fsp3) is 0. The third kappa shape index (κ3) is 1.90. The van der Waals surface area contributed by atoms with Crippen LogP contribution in [-0.4, -0.2) is 20.0 Å². The molecule has 0 fully saturated rings. The van der Waals surface area contributed by atoms with Crippen molar-refractivity contribution in [3.8, 4) is 5.69 Å². The SMILES string of the molecule is Brc1ccc2[nH]c3ccc(-n4nnc5ccccc54)cc3c2c1. The van der Waals surface area contributed by atoms with Crippen LogP contribution in [0.5, 0.6) is 0 Å². The van der Waals surface area contributed by atoms with Crippen LogP contribution in [0.2, 0.25) is 0 Å². The van der Waals surface area contributed by atoms with Gasteiger partial charge in [0.25, 0.3) is 0 Å². The van der Waals surface area contributed by atoms with Crippen LogP contribution in [-0.2, 0) is 0 Å². The molecule has 5 heteroatoms. The highest BCUT2D eigenvalue weighted by Gasteiger charge is 2.09. The molecule has 0 bridgehead atoms. The number of hydrogen-bond acceptors (Lipinski definition) is 2. The van der Waals surface area contributed by atoms with Crippen molar-refractivity contribution in [1.82, 2.24) is 20.0 Å². The normalized spacial score (nSPS) is 11.7. The van der Waals surface area contributed by atoms with Gasteiger partial charge in [-0.05, 0) is 48.5 Å². The second-order valence-electron chi connectivity index (χ2n) is 5.53. The van der Waals surface area contributed by atoms with Crippen LogP contribution >= 0.6 is 15.9 Å². The van der Waals surface area contributed by atoms with E-state index in [0.717, 1.165) is 32.2 Å². The molecular formula is C18H11BrN4. The Morgan fingerprint density at radius 3 is 2.57 bits per heavy atom. The summed E-state index contributed by atoms with van der Waals surface area (Å²) >= 11 is 3.55. The maximum Gasteiger partial charge on any atom is 0.113 e. The van der Waals surface area contributed by atoms with Crippen LogP contribution in [0, 0.1) is 0 Å². The van der Waals surface area contributed by atoms with E-state index in [1.807, 2.05) is 35.0 Å². The van der Waals surface area contributed by atoms with Crippen LogP contribution in [0.25, 0.3) is 38.5 Å². The lowest BCUT2D eigenvalue weighted by Gasteiger charge is -2.02. The van der Waals surface area contributed by atoms with Gasteiger partial charge in [-0.2, -0.15) is 0 Å². The molecule has 2 heterocycles. The summed E-state index contributed by atoms with van der Waals surface area (Å²) in [4.78, 5) is 3.45. The molecule has 5 rings (SSSR count). The number of nitrogens with zero attached hydrogens (tertiary/aromatic N) is 3. The van der Waals surface area contributed by atoms with Crippen LogP contribution in [0.3, 0.4) is 0 Å². The first-order valence-corrected chi connectivity index (χ1v) is 8.11. The first kappa shape index (κ1) is 12.8. The number of aromatic nitrogens is 4. The maximum atomic E-state index is 4.30. The zero-order valence-corrected chi connectivity index (χ0v) is 13.6. The van der Waals surface area contributed by atoms with E-state index in [4.69, 9.17) is 0 Å². The van der Waals surface area contributed by atoms with Gasteiger partial charge in [0.1, 0.15) is 5.52 Å². The van der Waals surface area contributed by atoms with Crippen molar-refractivity contribution in [3.05, 3.63) is 65.1 Å². The number of fused-ring (bicyclic) bond motifs is 4. The molecule has 1 N–H and O–H groups in total. The lowest BCUT2D eigenvalue weighted by Crippen LogP contribution is -1.95. The summed E-state index contributed by atoms with van der Waals surface area (Å²) in [6, 6.07) is 20.6. The number of para-hydroxylation sites is 1. The number of aromatic amines is 1. The molecule has 5 aromatic rings. The lowest BCUT2D eigenvalue weighted by molar-refractivity contribution is 0.825. The number of benzene rings is 3. The topological polar surface area (TPSA) is 46.5 Å². The van der Waals surface area contributed by atoms with Gasteiger partial charge in [0, 0.05) is 26.3 Å². The fourth-order valence-electron chi connectivity index (χ4n) is 3.05. The zero-order valence-electron chi connectivity index (χ0n) is 12.0. The maximum absolute atomic E-state index is 4.30. The predicted octanol–water partition coefficient (Wildman–Crippen LogP) is 4.82. The Balaban J connectivity index is 1.82. The highest BCUT2D eigenvalue weighted by Crippen LogP contribution is 2.30. The van der Waals surface area contributed by atoms with Crippen LogP contribution < -0.4 is 0 Å². The van der Waals surface area contributed by atoms with E-state index in [1.165, 1.54) is 10.8 Å². The molecular weight excluding hydrogens is 352 g/mol. The molecule has 23 heavy (non-hydrogen) atoms. The fourth-order valence-corrected chi connectivity index (χ4v) is 3.41. The molecule has 0 saturated heterocycles. The second kappa shape index (κ2) is 4.67. The van der Waals surface area contributed by atoms with Gasteiger partial charge in [0.15, 0.2) is 0 Å². The van der Waals surface area contributed by atoms with Gasteiger partial charge in [-0.3, -0.25) is 0 Å². The second-order valence-corrected chi connectivity index (χ2v) is 6.45. The molecule has 110 valence electrons. The van der Waals surface area contributed by atoms with E-state index in [-0.39, 0.29) is 0 Å². The van der Waals surface area contributed by atoms with Gasteiger partial charge in [-0.25, -0.2) is 4.68 Å². The monoisotopic (exact) mass is 362 g/mol. The van der Waals surface area contributed by atoms with Crippen LogP contribution in [0.15, 0.2) is 65.1 Å². The van der Waals surface area contributed by atoms with Gasteiger partial charge >= 0.3 is 0 Å². The largest absolute Gasteiger partial charge is 0.355 e. The van der Waals surface area contributed by atoms with Crippen molar-refractivity contribution in [3.63, 3.8) is 0 Å². The summed E-state index contributed by atoms with van der Waals surface area (Å²) in [5, 5.41) is 10.9. The Labute approximate surface area is 139 Å². The molecule has 4 nitrogen and oxygen atoms in total. The molecule has 0 aliphatic carbocycles. The van der Waals surface area contributed by atoms with E-state index in [0.29, 0.717) is 0 Å². The molecule has 0 aliphatic heterocycles. The average Bonchev–Trinajstić information content (AvgIpc) is 3.15. The first-order valence-electron chi connectivity index (χ1n) is 7.31. The van der Waals surface area contributed by atoms with Crippen LogP contribution in [0.1, 0.15) is 0 Å². The predicted molar refractivity (Wildman–Crippen MR) is 95.9 cm³/mol. The van der Waals surface area contributed by atoms with Crippen LogP contribution in [0.4, 0.5) is 0 Å². The summed E-state index contributed by atoms with van der Waals surface area (Å²) in [6.45, 7) is 0. The molecule has 0 radical (unpaired) electrons. The number of nitrogens with one attached hydrogen (secondary N) is 1. The standard InChI is InChI=1S/C18H11BrN4/c19-11-5-7-15-13(9-11)14-10-12(6-8-16(14)20-15)23-18-4-2-1-3-17(18)21-22-23/h1-10,20H. The number of hydrogen-bond donors (Lipinski definition) is 1. The van der Waals surface area contributed by atoms with Crippen molar-refractivity contribution < 1.29 is 0 Å². The summed E-state index contributed by atoms with van der Waals surface area (Å²) in [5.41, 5.74) is 5.16. The number of H-pyrrole nitrogens is 1. The highest BCUT2D eigenvalue weighted by molar-refractivity contribution is 9.10. The van der Waals surface area contributed by atoms with E-state index >= 15 is 0 Å². The number of halogens is 1.